The summed E-state index contributed by atoms with van der Waals surface area (Å²) in [6.45, 7) is 1.20. The third-order valence-electron chi connectivity index (χ3n) is 4.18. The van der Waals surface area contributed by atoms with E-state index >= 15 is 0 Å². The molecule has 0 radical (unpaired) electrons. The lowest BCUT2D eigenvalue weighted by atomic mass is 10.2. The molecule has 2 aromatic heterocycles. The van der Waals surface area contributed by atoms with Gasteiger partial charge < -0.3 is 14.6 Å². The summed E-state index contributed by atoms with van der Waals surface area (Å²) in [5.41, 5.74) is 1.41. The van der Waals surface area contributed by atoms with Gasteiger partial charge in [-0.1, -0.05) is 0 Å². The second-order valence-corrected chi connectivity index (χ2v) is 5.67. The second-order valence-electron chi connectivity index (χ2n) is 5.67. The van der Waals surface area contributed by atoms with Crippen molar-refractivity contribution in [1.29, 1.82) is 0 Å². The first kappa shape index (κ1) is 14.8. The Bertz CT molecular complexity index is 869. The van der Waals surface area contributed by atoms with Crippen LogP contribution in [-0.2, 0) is 0 Å². The van der Waals surface area contributed by atoms with Crippen LogP contribution < -0.4 is 9.64 Å². The van der Waals surface area contributed by atoms with E-state index in [0.29, 0.717) is 18.0 Å². The predicted molar refractivity (Wildman–Crippen MR) is 83.9 cm³/mol. The van der Waals surface area contributed by atoms with Crippen molar-refractivity contribution in [1.82, 2.24) is 19.9 Å². The fraction of sp³-hybridized carbons (Fsp3) is 0.312. The van der Waals surface area contributed by atoms with Crippen LogP contribution in [0.4, 0.5) is 14.6 Å². The van der Waals surface area contributed by atoms with E-state index in [1.165, 1.54) is 12.4 Å². The summed E-state index contributed by atoms with van der Waals surface area (Å²) < 4.78 is 31.9. The number of ether oxygens (including phenoxy) is 1. The molecule has 0 amide bonds. The highest BCUT2D eigenvalue weighted by Crippen LogP contribution is 2.28. The van der Waals surface area contributed by atoms with Crippen LogP contribution in [-0.4, -0.2) is 39.1 Å². The Morgan fingerprint density at radius 3 is 3.00 bits per heavy atom. The fourth-order valence-electron chi connectivity index (χ4n) is 3.01. The minimum Gasteiger partial charge on any atom is -0.491 e. The monoisotopic (exact) mass is 331 g/mol. The second kappa shape index (κ2) is 6.03. The number of hydrogen-bond acceptors (Lipinski definition) is 5. The number of nitrogens with zero attached hydrogens (tertiary/aromatic N) is 4. The summed E-state index contributed by atoms with van der Waals surface area (Å²) in [7, 11) is 0. The van der Waals surface area contributed by atoms with Gasteiger partial charge >= 0.3 is 0 Å². The topological polar surface area (TPSA) is 66.9 Å². The molecule has 3 heterocycles. The van der Waals surface area contributed by atoms with Crippen molar-refractivity contribution in [3.05, 3.63) is 42.5 Å². The normalized spacial score (nSPS) is 17.6. The molecule has 0 saturated carbocycles. The molecule has 1 aromatic carbocycles. The Labute approximate surface area is 136 Å². The van der Waals surface area contributed by atoms with Crippen molar-refractivity contribution in [2.75, 3.05) is 18.1 Å². The largest absolute Gasteiger partial charge is 0.491 e. The first-order chi connectivity index (χ1) is 11.7. The van der Waals surface area contributed by atoms with Gasteiger partial charge in [0.25, 0.3) is 0 Å². The van der Waals surface area contributed by atoms with Crippen molar-refractivity contribution in [3.63, 3.8) is 0 Å². The number of fused-ring (bicyclic) bond motifs is 1. The van der Waals surface area contributed by atoms with E-state index in [2.05, 4.69) is 24.8 Å². The van der Waals surface area contributed by atoms with E-state index < -0.39 is 11.6 Å². The van der Waals surface area contributed by atoms with Crippen LogP contribution in [0, 0.1) is 11.6 Å². The van der Waals surface area contributed by atoms with Crippen LogP contribution in [0.2, 0.25) is 0 Å². The van der Waals surface area contributed by atoms with Gasteiger partial charge in [0.2, 0.25) is 0 Å². The highest BCUT2D eigenvalue weighted by atomic mass is 19.2. The van der Waals surface area contributed by atoms with Gasteiger partial charge in [0.15, 0.2) is 23.1 Å². The molecule has 1 aliphatic rings. The Morgan fingerprint density at radius 1 is 1.21 bits per heavy atom. The van der Waals surface area contributed by atoms with Gasteiger partial charge in [-0.2, -0.15) is 0 Å². The molecule has 24 heavy (non-hydrogen) atoms. The lowest BCUT2D eigenvalue weighted by Crippen LogP contribution is -2.35. The zero-order valence-corrected chi connectivity index (χ0v) is 12.7. The van der Waals surface area contributed by atoms with E-state index in [9.17, 15) is 8.78 Å². The minimum atomic E-state index is -0.912. The number of imidazole rings is 1. The van der Waals surface area contributed by atoms with E-state index in [1.54, 1.807) is 6.33 Å². The minimum absolute atomic E-state index is 0.0907. The number of anilines is 1. The van der Waals surface area contributed by atoms with E-state index in [4.69, 9.17) is 4.74 Å². The number of nitrogens with one attached hydrogen (secondary N) is 1. The SMILES string of the molecule is Fc1ccc(OC[C@H]2CCCN2c2ncnc3[nH]cnc23)cc1F. The lowest BCUT2D eigenvalue weighted by Gasteiger charge is -2.25. The number of aromatic nitrogens is 4. The van der Waals surface area contributed by atoms with Gasteiger partial charge in [-0.15, -0.1) is 0 Å². The predicted octanol–water partition coefficient (Wildman–Crippen LogP) is 2.68. The fourth-order valence-corrected chi connectivity index (χ4v) is 3.01. The van der Waals surface area contributed by atoms with Crippen LogP contribution in [0.5, 0.6) is 5.75 Å². The first-order valence-corrected chi connectivity index (χ1v) is 7.71. The molecule has 1 fully saturated rings. The molecule has 6 nitrogen and oxygen atoms in total. The molecule has 0 unspecified atom stereocenters. The van der Waals surface area contributed by atoms with Crippen molar-refractivity contribution >= 4 is 17.0 Å². The molecule has 3 aromatic rings. The molecule has 4 rings (SSSR count). The van der Waals surface area contributed by atoms with E-state index in [1.807, 2.05) is 0 Å². The van der Waals surface area contributed by atoms with Gasteiger partial charge in [-0.25, -0.2) is 23.7 Å². The Kier molecular flexibility index (Phi) is 3.72. The first-order valence-electron chi connectivity index (χ1n) is 7.71. The zero-order chi connectivity index (χ0) is 16.5. The van der Waals surface area contributed by atoms with Gasteiger partial charge in [-0.05, 0) is 25.0 Å². The third kappa shape index (κ3) is 2.64. The average Bonchev–Trinajstić information content (AvgIpc) is 3.24. The van der Waals surface area contributed by atoms with Gasteiger partial charge in [0.1, 0.15) is 24.2 Å². The quantitative estimate of drug-likeness (QED) is 0.796. The summed E-state index contributed by atoms with van der Waals surface area (Å²) in [5.74, 6) is -0.720. The molecule has 0 bridgehead atoms. The van der Waals surface area contributed by atoms with Crippen molar-refractivity contribution < 1.29 is 13.5 Å². The molecule has 1 N–H and O–H groups in total. The number of benzene rings is 1. The maximum Gasteiger partial charge on any atom is 0.162 e. The number of halogens is 2. The standard InChI is InChI=1S/C16H15F2N5O/c17-12-4-3-11(6-13(12)18)24-7-10-2-1-5-23(10)16-14-15(20-8-19-14)21-9-22-16/h3-4,6,8-10H,1-2,5,7H2,(H,19,20,21,22)/t10-/m1/s1. The molecular weight excluding hydrogens is 316 g/mol. The van der Waals surface area contributed by atoms with Crippen LogP contribution in [0.15, 0.2) is 30.9 Å². The molecule has 1 atom stereocenters. The summed E-state index contributed by atoms with van der Waals surface area (Å²) in [6.07, 6.45) is 5.02. The summed E-state index contributed by atoms with van der Waals surface area (Å²) >= 11 is 0. The van der Waals surface area contributed by atoms with Gasteiger partial charge in [0.05, 0.1) is 12.4 Å². The molecular formula is C16H15F2N5O. The zero-order valence-electron chi connectivity index (χ0n) is 12.7. The van der Waals surface area contributed by atoms with Crippen molar-refractivity contribution in [2.45, 2.75) is 18.9 Å². The molecule has 1 saturated heterocycles. The number of rotatable bonds is 4. The summed E-state index contributed by atoms with van der Waals surface area (Å²) in [6, 6.07) is 3.64. The summed E-state index contributed by atoms with van der Waals surface area (Å²) in [4.78, 5) is 17.9. The van der Waals surface area contributed by atoms with E-state index in [0.717, 1.165) is 42.9 Å². The molecule has 0 spiro atoms. The molecule has 1 aliphatic heterocycles. The summed E-state index contributed by atoms with van der Waals surface area (Å²) in [5, 5.41) is 0. The number of aromatic amines is 1. The lowest BCUT2D eigenvalue weighted by molar-refractivity contribution is 0.286. The maximum atomic E-state index is 13.3. The van der Waals surface area contributed by atoms with Crippen LogP contribution >= 0.6 is 0 Å². The van der Waals surface area contributed by atoms with Crippen LogP contribution in [0.1, 0.15) is 12.8 Å². The average molecular weight is 331 g/mol. The highest BCUT2D eigenvalue weighted by Gasteiger charge is 2.28. The van der Waals surface area contributed by atoms with Crippen LogP contribution in [0.25, 0.3) is 11.2 Å². The number of hydrogen-bond donors (Lipinski definition) is 1. The third-order valence-corrected chi connectivity index (χ3v) is 4.18. The molecule has 8 heteroatoms. The Balaban J connectivity index is 1.52. The van der Waals surface area contributed by atoms with Crippen molar-refractivity contribution in [2.24, 2.45) is 0 Å². The maximum absolute atomic E-state index is 13.3. The Hall–Kier alpha value is -2.77. The molecule has 0 aliphatic carbocycles. The number of H-pyrrole nitrogens is 1. The van der Waals surface area contributed by atoms with Gasteiger partial charge in [-0.3, -0.25) is 0 Å². The highest BCUT2D eigenvalue weighted by molar-refractivity contribution is 5.82. The van der Waals surface area contributed by atoms with Gasteiger partial charge in [0, 0.05) is 12.6 Å². The smallest absolute Gasteiger partial charge is 0.162 e. The van der Waals surface area contributed by atoms with Crippen LogP contribution in [0.3, 0.4) is 0 Å². The van der Waals surface area contributed by atoms with Crippen molar-refractivity contribution in [3.8, 4) is 5.75 Å². The van der Waals surface area contributed by atoms with E-state index in [-0.39, 0.29) is 6.04 Å². The molecule has 124 valence electrons. The Morgan fingerprint density at radius 2 is 2.12 bits per heavy atom.